The molecule has 0 fully saturated rings. The predicted octanol–water partition coefficient (Wildman–Crippen LogP) is 3.17. The minimum atomic E-state index is -0.223. The predicted molar refractivity (Wildman–Crippen MR) is 62.6 cm³/mol. The number of benzene rings is 1. The van der Waals surface area contributed by atoms with Gasteiger partial charge in [-0.2, -0.15) is 0 Å². The van der Waals surface area contributed by atoms with Gasteiger partial charge in [-0.15, -0.1) is 11.8 Å². The molecule has 2 nitrogen and oxygen atoms in total. The molecule has 1 heterocycles. The molecule has 2 aromatic rings. The zero-order valence-electron chi connectivity index (χ0n) is 8.65. The number of thioether (sulfide) groups is 1. The van der Waals surface area contributed by atoms with Gasteiger partial charge >= 0.3 is 0 Å². The van der Waals surface area contributed by atoms with E-state index in [0.29, 0.717) is 17.2 Å². The molecule has 0 radical (unpaired) electrons. The van der Waals surface area contributed by atoms with Gasteiger partial charge in [-0.05, 0) is 29.8 Å². The van der Waals surface area contributed by atoms with Crippen LogP contribution in [0.25, 0.3) is 0 Å². The van der Waals surface area contributed by atoms with E-state index in [4.69, 9.17) is 10.2 Å². The van der Waals surface area contributed by atoms with Gasteiger partial charge in [0.15, 0.2) is 0 Å². The summed E-state index contributed by atoms with van der Waals surface area (Å²) in [7, 11) is 0. The average molecular weight is 237 g/mol. The van der Waals surface area contributed by atoms with E-state index in [1.165, 1.54) is 17.8 Å². The highest BCUT2D eigenvalue weighted by atomic mass is 32.2. The molecule has 4 heteroatoms. The second-order valence-corrected chi connectivity index (χ2v) is 4.35. The molecule has 0 amide bonds. The van der Waals surface area contributed by atoms with Gasteiger partial charge in [0.05, 0.1) is 12.0 Å². The lowest BCUT2D eigenvalue weighted by Gasteiger charge is -2.03. The van der Waals surface area contributed by atoms with Crippen molar-refractivity contribution in [1.82, 2.24) is 0 Å². The Balaban J connectivity index is 2.04. The number of hydrogen-bond donors (Lipinski definition) is 1. The maximum Gasteiger partial charge on any atom is 0.137 e. The van der Waals surface area contributed by atoms with Crippen LogP contribution in [-0.4, -0.2) is 0 Å². The molecule has 0 atom stereocenters. The highest BCUT2D eigenvalue weighted by molar-refractivity contribution is 7.98. The van der Waals surface area contributed by atoms with Crippen LogP contribution in [0.3, 0.4) is 0 Å². The molecule has 0 unspecified atom stereocenters. The lowest BCUT2D eigenvalue weighted by atomic mass is 10.2. The van der Waals surface area contributed by atoms with Crippen molar-refractivity contribution >= 4 is 11.8 Å². The van der Waals surface area contributed by atoms with Gasteiger partial charge in [-0.3, -0.25) is 0 Å². The Morgan fingerprint density at radius 2 is 2.19 bits per heavy atom. The Kier molecular flexibility index (Phi) is 3.64. The summed E-state index contributed by atoms with van der Waals surface area (Å²) in [5.74, 6) is 1.25. The molecule has 84 valence electrons. The summed E-state index contributed by atoms with van der Waals surface area (Å²) in [4.78, 5) is 0.619. The lowest BCUT2D eigenvalue weighted by Crippen LogP contribution is -1.97. The summed E-state index contributed by atoms with van der Waals surface area (Å²) < 4.78 is 18.7. The summed E-state index contributed by atoms with van der Waals surface area (Å²) in [6.45, 7) is 0.361. The van der Waals surface area contributed by atoms with Crippen LogP contribution in [0.2, 0.25) is 0 Å². The zero-order valence-corrected chi connectivity index (χ0v) is 9.47. The highest BCUT2D eigenvalue weighted by Crippen LogP contribution is 2.26. The lowest BCUT2D eigenvalue weighted by molar-refractivity contribution is 0.530. The van der Waals surface area contributed by atoms with Crippen LogP contribution < -0.4 is 5.73 Å². The Bertz CT molecular complexity index is 456. The van der Waals surface area contributed by atoms with E-state index in [2.05, 4.69) is 0 Å². The van der Waals surface area contributed by atoms with E-state index in [1.54, 1.807) is 12.3 Å². The van der Waals surface area contributed by atoms with Gasteiger partial charge < -0.3 is 10.2 Å². The third kappa shape index (κ3) is 2.65. The second kappa shape index (κ2) is 5.18. The van der Waals surface area contributed by atoms with E-state index in [0.717, 1.165) is 11.3 Å². The van der Waals surface area contributed by atoms with Crippen LogP contribution in [0.4, 0.5) is 4.39 Å². The zero-order chi connectivity index (χ0) is 11.4. The molecular formula is C12H12FNOS. The Labute approximate surface area is 97.6 Å². The first kappa shape index (κ1) is 11.2. The molecule has 0 aliphatic heterocycles. The molecule has 0 aliphatic rings. The minimum absolute atomic E-state index is 0.223. The van der Waals surface area contributed by atoms with Gasteiger partial charge in [-0.1, -0.05) is 6.07 Å². The maximum atomic E-state index is 13.6. The summed E-state index contributed by atoms with van der Waals surface area (Å²) in [6.07, 6.45) is 1.61. The van der Waals surface area contributed by atoms with Crippen molar-refractivity contribution in [3.8, 4) is 0 Å². The summed E-state index contributed by atoms with van der Waals surface area (Å²) >= 11 is 1.41. The Morgan fingerprint density at radius 3 is 2.81 bits per heavy atom. The highest BCUT2D eigenvalue weighted by Gasteiger charge is 2.05. The van der Waals surface area contributed by atoms with E-state index >= 15 is 0 Å². The van der Waals surface area contributed by atoms with Crippen molar-refractivity contribution in [2.45, 2.75) is 17.2 Å². The average Bonchev–Trinajstić information content (AvgIpc) is 2.80. The van der Waals surface area contributed by atoms with Crippen LogP contribution in [0.5, 0.6) is 0 Å². The number of furan rings is 1. The fourth-order valence-corrected chi connectivity index (χ4v) is 2.16. The maximum absolute atomic E-state index is 13.6. The Morgan fingerprint density at radius 1 is 1.31 bits per heavy atom. The topological polar surface area (TPSA) is 39.2 Å². The number of hydrogen-bond acceptors (Lipinski definition) is 3. The van der Waals surface area contributed by atoms with Crippen molar-refractivity contribution in [3.05, 3.63) is 53.7 Å². The first-order chi connectivity index (χ1) is 7.79. The number of nitrogens with two attached hydrogens (primary N) is 1. The fourth-order valence-electron chi connectivity index (χ4n) is 1.33. The molecule has 1 aromatic heterocycles. The SMILES string of the molecule is NCc1ccc(SCc2ccco2)c(F)c1. The second-order valence-electron chi connectivity index (χ2n) is 3.34. The summed E-state index contributed by atoms with van der Waals surface area (Å²) in [6, 6.07) is 8.77. The first-order valence-corrected chi connectivity index (χ1v) is 5.92. The van der Waals surface area contributed by atoms with Crippen LogP contribution in [-0.2, 0) is 12.3 Å². The number of rotatable bonds is 4. The van der Waals surface area contributed by atoms with Crippen LogP contribution >= 0.6 is 11.8 Å². The van der Waals surface area contributed by atoms with E-state index in [1.807, 2.05) is 18.2 Å². The van der Waals surface area contributed by atoms with Gasteiger partial charge in [-0.25, -0.2) is 4.39 Å². The summed E-state index contributed by atoms with van der Waals surface area (Å²) in [5, 5.41) is 0. The Hall–Kier alpha value is -1.26. The quantitative estimate of drug-likeness (QED) is 0.830. The molecule has 2 N–H and O–H groups in total. The molecule has 0 aliphatic carbocycles. The summed E-state index contributed by atoms with van der Waals surface area (Å²) in [5.41, 5.74) is 6.24. The first-order valence-electron chi connectivity index (χ1n) is 4.93. The molecule has 0 bridgehead atoms. The molecule has 0 spiro atoms. The van der Waals surface area contributed by atoms with Crippen molar-refractivity contribution < 1.29 is 8.81 Å². The van der Waals surface area contributed by atoms with Crippen LogP contribution in [0, 0.1) is 5.82 Å². The number of halogens is 1. The largest absolute Gasteiger partial charge is 0.468 e. The van der Waals surface area contributed by atoms with Crippen molar-refractivity contribution in [1.29, 1.82) is 0 Å². The van der Waals surface area contributed by atoms with Crippen molar-refractivity contribution in [3.63, 3.8) is 0 Å². The van der Waals surface area contributed by atoms with Crippen molar-refractivity contribution in [2.24, 2.45) is 5.73 Å². The van der Waals surface area contributed by atoms with Gasteiger partial charge in [0.2, 0.25) is 0 Å². The molecular weight excluding hydrogens is 225 g/mol. The normalized spacial score (nSPS) is 10.6. The third-order valence-corrected chi connectivity index (χ3v) is 3.25. The third-order valence-electron chi connectivity index (χ3n) is 2.18. The van der Waals surface area contributed by atoms with E-state index < -0.39 is 0 Å². The van der Waals surface area contributed by atoms with Gasteiger partial charge in [0.1, 0.15) is 11.6 Å². The smallest absolute Gasteiger partial charge is 0.137 e. The monoisotopic (exact) mass is 237 g/mol. The molecule has 1 aromatic carbocycles. The van der Waals surface area contributed by atoms with Crippen LogP contribution in [0.15, 0.2) is 45.9 Å². The van der Waals surface area contributed by atoms with Gasteiger partial charge in [0, 0.05) is 11.4 Å². The molecule has 0 saturated carbocycles. The minimum Gasteiger partial charge on any atom is -0.468 e. The van der Waals surface area contributed by atoms with E-state index in [9.17, 15) is 4.39 Å². The fraction of sp³-hybridized carbons (Fsp3) is 0.167. The standard InChI is InChI=1S/C12H12FNOS/c13-11-6-9(7-14)3-4-12(11)16-8-10-2-1-5-15-10/h1-6H,7-8,14H2. The van der Waals surface area contributed by atoms with Gasteiger partial charge in [0.25, 0.3) is 0 Å². The molecule has 0 saturated heterocycles. The van der Waals surface area contributed by atoms with E-state index in [-0.39, 0.29) is 5.82 Å². The van der Waals surface area contributed by atoms with Crippen LogP contribution in [0.1, 0.15) is 11.3 Å². The molecule has 2 rings (SSSR count). The molecule has 16 heavy (non-hydrogen) atoms. The van der Waals surface area contributed by atoms with Crippen molar-refractivity contribution in [2.75, 3.05) is 0 Å².